The first-order valence-corrected chi connectivity index (χ1v) is 7.84. The molecule has 1 aliphatic rings. The second-order valence-electron chi connectivity index (χ2n) is 4.68. The molecule has 0 bridgehead atoms. The number of aliphatic hydroxyl groups excluding tert-OH is 1. The average molecular weight is 249 g/mol. The molecule has 1 aliphatic carbocycles. The van der Waals surface area contributed by atoms with Gasteiger partial charge in [-0.2, -0.15) is 0 Å². The number of sulfonamides is 1. The number of hydrogen-bond acceptors (Lipinski definition) is 3. The Morgan fingerprint density at radius 1 is 1.38 bits per heavy atom. The van der Waals surface area contributed by atoms with Gasteiger partial charge in [0.15, 0.2) is 0 Å². The minimum Gasteiger partial charge on any atom is -0.393 e. The van der Waals surface area contributed by atoms with Crippen LogP contribution in [0.2, 0.25) is 0 Å². The third kappa shape index (κ3) is 5.27. The molecule has 1 rings (SSSR count). The van der Waals surface area contributed by atoms with Gasteiger partial charge in [-0.1, -0.05) is 19.8 Å². The number of rotatable bonds is 7. The van der Waals surface area contributed by atoms with Crippen LogP contribution in [0.4, 0.5) is 0 Å². The molecule has 4 nitrogen and oxygen atoms in total. The Hall–Kier alpha value is -0.130. The van der Waals surface area contributed by atoms with Crippen LogP contribution in [0.5, 0.6) is 0 Å². The summed E-state index contributed by atoms with van der Waals surface area (Å²) in [6.07, 6.45) is 5.18. The van der Waals surface area contributed by atoms with Crippen molar-refractivity contribution in [1.29, 1.82) is 0 Å². The second-order valence-corrected chi connectivity index (χ2v) is 6.53. The zero-order valence-electron chi connectivity index (χ0n) is 9.98. The Labute approximate surface area is 98.5 Å². The minimum absolute atomic E-state index is 0.259. The summed E-state index contributed by atoms with van der Waals surface area (Å²) in [7, 11) is -3.13. The lowest BCUT2D eigenvalue weighted by molar-refractivity contribution is 0.162. The number of hydrogen-bond donors (Lipinski definition) is 2. The van der Waals surface area contributed by atoms with Gasteiger partial charge in [0.1, 0.15) is 0 Å². The quantitative estimate of drug-likeness (QED) is 0.714. The molecule has 1 fully saturated rings. The van der Waals surface area contributed by atoms with Crippen molar-refractivity contribution in [1.82, 2.24) is 4.72 Å². The molecule has 0 aromatic rings. The van der Waals surface area contributed by atoms with E-state index in [0.717, 1.165) is 25.7 Å². The van der Waals surface area contributed by atoms with E-state index in [0.29, 0.717) is 25.3 Å². The fraction of sp³-hybridized carbons (Fsp3) is 1.00. The monoisotopic (exact) mass is 249 g/mol. The summed E-state index contributed by atoms with van der Waals surface area (Å²) >= 11 is 0. The predicted octanol–water partition coefficient (Wildman–Crippen LogP) is 1.26. The molecule has 0 aromatic carbocycles. The Bertz CT molecular complexity index is 284. The van der Waals surface area contributed by atoms with E-state index in [1.165, 1.54) is 0 Å². The van der Waals surface area contributed by atoms with Crippen LogP contribution < -0.4 is 4.72 Å². The molecular formula is C11H23NO3S. The standard InChI is InChI=1S/C11H23NO3S/c1-2-11(13)7-8-12-16(14,15)9-10-5-3-4-6-10/h10-13H,2-9H2,1H3. The molecule has 2 N–H and O–H groups in total. The van der Waals surface area contributed by atoms with Gasteiger partial charge in [-0.25, -0.2) is 13.1 Å². The molecule has 0 amide bonds. The zero-order chi connectivity index (χ0) is 12.0. The van der Waals surface area contributed by atoms with Gasteiger partial charge >= 0.3 is 0 Å². The number of aliphatic hydroxyl groups is 1. The average Bonchev–Trinajstić information content (AvgIpc) is 2.69. The van der Waals surface area contributed by atoms with Gasteiger partial charge in [-0.3, -0.25) is 0 Å². The van der Waals surface area contributed by atoms with E-state index in [9.17, 15) is 13.5 Å². The predicted molar refractivity (Wildman–Crippen MR) is 64.7 cm³/mol. The van der Waals surface area contributed by atoms with Gasteiger partial charge in [0.25, 0.3) is 0 Å². The van der Waals surface area contributed by atoms with Crippen molar-refractivity contribution in [2.75, 3.05) is 12.3 Å². The Kier molecular flexibility index (Phi) is 5.72. The molecule has 0 radical (unpaired) electrons. The summed E-state index contributed by atoms with van der Waals surface area (Å²) in [5, 5.41) is 9.30. The van der Waals surface area contributed by atoms with E-state index in [2.05, 4.69) is 4.72 Å². The molecule has 5 heteroatoms. The largest absolute Gasteiger partial charge is 0.393 e. The molecule has 1 saturated carbocycles. The Morgan fingerprint density at radius 2 is 2.00 bits per heavy atom. The van der Waals surface area contributed by atoms with Gasteiger partial charge in [-0.15, -0.1) is 0 Å². The molecule has 1 unspecified atom stereocenters. The van der Waals surface area contributed by atoms with Crippen LogP contribution in [0.15, 0.2) is 0 Å². The normalized spacial score (nSPS) is 20.1. The van der Waals surface area contributed by atoms with Crippen LogP contribution in [-0.4, -0.2) is 31.9 Å². The lowest BCUT2D eigenvalue weighted by atomic mass is 10.1. The third-order valence-corrected chi connectivity index (χ3v) is 4.75. The number of nitrogens with one attached hydrogen (secondary N) is 1. The first-order valence-electron chi connectivity index (χ1n) is 6.19. The maximum Gasteiger partial charge on any atom is 0.211 e. The van der Waals surface area contributed by atoms with Crippen LogP contribution in [0.3, 0.4) is 0 Å². The Morgan fingerprint density at radius 3 is 2.56 bits per heavy atom. The summed E-state index contributed by atoms with van der Waals surface area (Å²) in [5.74, 6) is 0.600. The first-order chi connectivity index (χ1) is 7.53. The van der Waals surface area contributed by atoms with Crippen LogP contribution in [-0.2, 0) is 10.0 Å². The lowest BCUT2D eigenvalue weighted by Gasteiger charge is -2.12. The van der Waals surface area contributed by atoms with E-state index >= 15 is 0 Å². The van der Waals surface area contributed by atoms with Crippen molar-refractivity contribution in [2.45, 2.75) is 51.6 Å². The fourth-order valence-electron chi connectivity index (χ4n) is 2.13. The van der Waals surface area contributed by atoms with Gasteiger partial charge < -0.3 is 5.11 Å². The third-order valence-electron chi connectivity index (χ3n) is 3.20. The zero-order valence-corrected chi connectivity index (χ0v) is 10.8. The van der Waals surface area contributed by atoms with Crippen molar-refractivity contribution in [3.05, 3.63) is 0 Å². The molecule has 96 valence electrons. The van der Waals surface area contributed by atoms with E-state index in [4.69, 9.17) is 0 Å². The molecule has 0 heterocycles. The fourth-order valence-corrected chi connectivity index (χ4v) is 3.63. The van der Waals surface area contributed by atoms with E-state index in [1.54, 1.807) is 0 Å². The highest BCUT2D eigenvalue weighted by Crippen LogP contribution is 2.25. The summed E-state index contributed by atoms with van der Waals surface area (Å²) in [6, 6.07) is 0. The molecule has 16 heavy (non-hydrogen) atoms. The molecule has 0 spiro atoms. The summed E-state index contributed by atoms with van der Waals surface area (Å²) < 4.78 is 25.9. The van der Waals surface area contributed by atoms with Crippen LogP contribution in [0, 0.1) is 5.92 Å². The molecular weight excluding hydrogens is 226 g/mol. The van der Waals surface area contributed by atoms with Crippen molar-refractivity contribution in [3.63, 3.8) is 0 Å². The summed E-state index contributed by atoms with van der Waals surface area (Å²) in [6.45, 7) is 2.24. The lowest BCUT2D eigenvalue weighted by Crippen LogP contribution is -2.31. The van der Waals surface area contributed by atoms with Crippen molar-refractivity contribution in [3.8, 4) is 0 Å². The van der Waals surface area contributed by atoms with Gasteiger partial charge in [0.2, 0.25) is 10.0 Å². The van der Waals surface area contributed by atoms with Gasteiger partial charge in [0.05, 0.1) is 11.9 Å². The van der Waals surface area contributed by atoms with E-state index in [-0.39, 0.29) is 5.75 Å². The van der Waals surface area contributed by atoms with Crippen molar-refractivity contribution >= 4 is 10.0 Å². The molecule has 0 aliphatic heterocycles. The highest BCUT2D eigenvalue weighted by molar-refractivity contribution is 7.89. The summed E-state index contributed by atoms with van der Waals surface area (Å²) in [4.78, 5) is 0. The maximum absolute atomic E-state index is 11.7. The molecule has 0 saturated heterocycles. The van der Waals surface area contributed by atoms with E-state index in [1.807, 2.05) is 6.92 Å². The van der Waals surface area contributed by atoms with Crippen LogP contribution >= 0.6 is 0 Å². The minimum atomic E-state index is -3.13. The first kappa shape index (κ1) is 13.9. The van der Waals surface area contributed by atoms with Crippen molar-refractivity contribution in [2.24, 2.45) is 5.92 Å². The van der Waals surface area contributed by atoms with Crippen LogP contribution in [0.1, 0.15) is 45.4 Å². The second kappa shape index (κ2) is 6.57. The topological polar surface area (TPSA) is 66.4 Å². The van der Waals surface area contributed by atoms with Crippen molar-refractivity contribution < 1.29 is 13.5 Å². The highest BCUT2D eigenvalue weighted by atomic mass is 32.2. The van der Waals surface area contributed by atoms with Gasteiger partial charge in [-0.05, 0) is 31.6 Å². The SMILES string of the molecule is CCC(O)CCNS(=O)(=O)CC1CCCC1. The maximum atomic E-state index is 11.7. The Balaban J connectivity index is 2.23. The highest BCUT2D eigenvalue weighted by Gasteiger charge is 2.22. The molecule has 0 aromatic heterocycles. The smallest absolute Gasteiger partial charge is 0.211 e. The summed E-state index contributed by atoms with van der Waals surface area (Å²) in [5.41, 5.74) is 0. The van der Waals surface area contributed by atoms with Gasteiger partial charge in [0, 0.05) is 6.54 Å². The van der Waals surface area contributed by atoms with Crippen LogP contribution in [0.25, 0.3) is 0 Å². The molecule has 1 atom stereocenters. The van der Waals surface area contributed by atoms with E-state index < -0.39 is 16.1 Å².